The van der Waals surface area contributed by atoms with E-state index in [4.69, 9.17) is 21.1 Å². The van der Waals surface area contributed by atoms with E-state index >= 15 is 0 Å². The zero-order valence-electron chi connectivity index (χ0n) is 18.5. The molecule has 3 heterocycles. The third-order valence-corrected chi connectivity index (χ3v) is 6.19. The van der Waals surface area contributed by atoms with E-state index in [0.717, 1.165) is 42.3 Å². The number of nitrogens with zero attached hydrogens (tertiary/aromatic N) is 5. The third kappa shape index (κ3) is 4.55. The molecule has 1 saturated heterocycles. The Morgan fingerprint density at radius 2 is 1.88 bits per heavy atom. The molecular formula is C23H23ClN6O4. The molecule has 10 nitrogen and oxygen atoms in total. The number of nitrogens with one attached hydrogen (secondary N) is 1. The summed E-state index contributed by atoms with van der Waals surface area (Å²) < 4.78 is 10.8. The molecule has 0 atom stereocenters. The van der Waals surface area contributed by atoms with Crippen LogP contribution in [-0.2, 0) is 6.54 Å². The second-order valence-electron chi connectivity index (χ2n) is 8.19. The van der Waals surface area contributed by atoms with Gasteiger partial charge in [-0.2, -0.15) is 0 Å². The van der Waals surface area contributed by atoms with E-state index in [1.807, 2.05) is 36.1 Å². The molecule has 0 radical (unpaired) electrons. The van der Waals surface area contributed by atoms with Crippen molar-refractivity contribution in [3.8, 4) is 11.5 Å². The predicted octanol–water partition coefficient (Wildman–Crippen LogP) is 4.14. The Morgan fingerprint density at radius 1 is 1.09 bits per heavy atom. The fourth-order valence-corrected chi connectivity index (χ4v) is 4.30. The Morgan fingerprint density at radius 3 is 2.68 bits per heavy atom. The SMILES string of the molecule is Cc1ccc(Cl)cc1Nc1ncnc(N2CCN(Cc3ccc4c(c3)OCO4)CC2)c1[N+](=O)[O-]. The van der Waals surface area contributed by atoms with Gasteiger partial charge < -0.3 is 19.7 Å². The number of piperazine rings is 1. The Hall–Kier alpha value is -3.63. The van der Waals surface area contributed by atoms with Gasteiger partial charge in [0, 0.05) is 43.4 Å². The number of aromatic nitrogens is 2. The van der Waals surface area contributed by atoms with E-state index in [9.17, 15) is 10.1 Å². The van der Waals surface area contributed by atoms with Gasteiger partial charge in [-0.15, -0.1) is 0 Å². The third-order valence-electron chi connectivity index (χ3n) is 5.95. The zero-order valence-corrected chi connectivity index (χ0v) is 19.3. The summed E-state index contributed by atoms with van der Waals surface area (Å²) in [6.07, 6.45) is 1.35. The maximum Gasteiger partial charge on any atom is 0.353 e. The molecule has 5 rings (SSSR count). The van der Waals surface area contributed by atoms with Gasteiger partial charge in [0.15, 0.2) is 11.5 Å². The van der Waals surface area contributed by atoms with Crippen molar-refractivity contribution < 1.29 is 14.4 Å². The Kier molecular flexibility index (Phi) is 6.08. The van der Waals surface area contributed by atoms with Gasteiger partial charge in [0.25, 0.3) is 0 Å². The van der Waals surface area contributed by atoms with E-state index < -0.39 is 4.92 Å². The van der Waals surface area contributed by atoms with Gasteiger partial charge in [-0.05, 0) is 42.3 Å². The maximum absolute atomic E-state index is 12.0. The summed E-state index contributed by atoms with van der Waals surface area (Å²) in [5.41, 5.74) is 2.55. The van der Waals surface area contributed by atoms with Gasteiger partial charge in [-0.25, -0.2) is 9.97 Å². The molecule has 3 aromatic rings. The van der Waals surface area contributed by atoms with Crippen LogP contribution in [0.25, 0.3) is 0 Å². The Bertz CT molecular complexity index is 1230. The standard InChI is InChI=1S/C23H23ClN6O4/c1-15-2-4-17(24)11-18(15)27-22-21(30(31)32)23(26-13-25-22)29-8-6-28(7-9-29)12-16-3-5-19-20(10-16)34-14-33-19/h2-5,10-11,13H,6-9,12,14H2,1H3,(H,25,26,27). The van der Waals surface area contributed by atoms with E-state index in [0.29, 0.717) is 29.6 Å². The topological polar surface area (TPSA) is 106 Å². The monoisotopic (exact) mass is 482 g/mol. The minimum absolute atomic E-state index is 0.142. The molecular weight excluding hydrogens is 460 g/mol. The highest BCUT2D eigenvalue weighted by atomic mass is 35.5. The van der Waals surface area contributed by atoms with E-state index in [-0.39, 0.29) is 18.3 Å². The van der Waals surface area contributed by atoms with Crippen molar-refractivity contribution in [2.75, 3.05) is 43.2 Å². The first kappa shape index (κ1) is 22.2. The van der Waals surface area contributed by atoms with Crippen LogP contribution in [0.2, 0.25) is 5.02 Å². The lowest BCUT2D eigenvalue weighted by molar-refractivity contribution is -0.383. The van der Waals surface area contributed by atoms with Crippen LogP contribution in [0.4, 0.5) is 23.0 Å². The number of hydrogen-bond acceptors (Lipinski definition) is 9. The van der Waals surface area contributed by atoms with Crippen molar-refractivity contribution in [3.05, 3.63) is 69.0 Å². The minimum atomic E-state index is -0.434. The molecule has 0 aliphatic carbocycles. The van der Waals surface area contributed by atoms with E-state index in [2.05, 4.69) is 20.2 Å². The van der Waals surface area contributed by atoms with E-state index in [1.54, 1.807) is 12.1 Å². The summed E-state index contributed by atoms with van der Waals surface area (Å²) in [5, 5.41) is 15.6. The minimum Gasteiger partial charge on any atom is -0.454 e. The highest BCUT2D eigenvalue weighted by molar-refractivity contribution is 6.30. The van der Waals surface area contributed by atoms with Gasteiger partial charge >= 0.3 is 5.69 Å². The molecule has 11 heteroatoms. The highest BCUT2D eigenvalue weighted by Gasteiger charge is 2.29. The molecule has 1 N–H and O–H groups in total. The largest absolute Gasteiger partial charge is 0.454 e. The fraction of sp³-hybridized carbons (Fsp3) is 0.304. The van der Waals surface area contributed by atoms with Crippen LogP contribution < -0.4 is 19.7 Å². The molecule has 0 saturated carbocycles. The van der Waals surface area contributed by atoms with Crippen LogP contribution in [0.5, 0.6) is 11.5 Å². The molecule has 2 aromatic carbocycles. The number of fused-ring (bicyclic) bond motifs is 1. The number of nitro groups is 1. The van der Waals surface area contributed by atoms with Crippen molar-refractivity contribution >= 4 is 34.6 Å². The molecule has 0 spiro atoms. The molecule has 0 unspecified atom stereocenters. The lowest BCUT2D eigenvalue weighted by Gasteiger charge is -2.35. The smallest absolute Gasteiger partial charge is 0.353 e. The summed E-state index contributed by atoms with van der Waals surface area (Å²) in [6, 6.07) is 11.3. The number of anilines is 3. The van der Waals surface area contributed by atoms with Gasteiger partial charge in [0.1, 0.15) is 6.33 Å². The van der Waals surface area contributed by atoms with Crippen molar-refractivity contribution in [3.63, 3.8) is 0 Å². The molecule has 0 bridgehead atoms. The molecule has 2 aliphatic heterocycles. The average Bonchev–Trinajstić information content (AvgIpc) is 3.30. The van der Waals surface area contributed by atoms with Crippen LogP contribution in [0.1, 0.15) is 11.1 Å². The van der Waals surface area contributed by atoms with Crippen LogP contribution >= 0.6 is 11.6 Å². The lowest BCUT2D eigenvalue weighted by atomic mass is 10.1. The van der Waals surface area contributed by atoms with Gasteiger partial charge in [-0.3, -0.25) is 15.0 Å². The van der Waals surface area contributed by atoms with Crippen molar-refractivity contribution in [2.24, 2.45) is 0 Å². The second kappa shape index (κ2) is 9.32. The summed E-state index contributed by atoms with van der Waals surface area (Å²) in [4.78, 5) is 24.3. The average molecular weight is 483 g/mol. The highest BCUT2D eigenvalue weighted by Crippen LogP contribution is 2.36. The zero-order chi connectivity index (χ0) is 23.7. The molecule has 176 valence electrons. The number of ether oxygens (including phenoxy) is 2. The fourth-order valence-electron chi connectivity index (χ4n) is 4.13. The van der Waals surface area contributed by atoms with Crippen molar-refractivity contribution in [1.82, 2.24) is 14.9 Å². The molecule has 0 amide bonds. The number of benzene rings is 2. The van der Waals surface area contributed by atoms with Gasteiger partial charge in [0.2, 0.25) is 18.4 Å². The second-order valence-corrected chi connectivity index (χ2v) is 8.62. The number of aryl methyl sites for hydroxylation is 1. The lowest BCUT2D eigenvalue weighted by Crippen LogP contribution is -2.46. The Labute approximate surface area is 201 Å². The summed E-state index contributed by atoms with van der Waals surface area (Å²) in [5.74, 6) is 1.98. The molecule has 1 aromatic heterocycles. The van der Waals surface area contributed by atoms with Crippen LogP contribution in [0.3, 0.4) is 0 Å². The predicted molar refractivity (Wildman–Crippen MR) is 128 cm³/mol. The number of hydrogen-bond donors (Lipinski definition) is 1. The van der Waals surface area contributed by atoms with Crippen LogP contribution in [-0.4, -0.2) is 52.8 Å². The quantitative estimate of drug-likeness (QED) is 0.409. The van der Waals surface area contributed by atoms with Gasteiger partial charge in [0.05, 0.1) is 4.92 Å². The first-order valence-electron chi connectivity index (χ1n) is 10.9. The molecule has 34 heavy (non-hydrogen) atoms. The number of rotatable bonds is 6. The first-order valence-corrected chi connectivity index (χ1v) is 11.2. The summed E-state index contributed by atoms with van der Waals surface area (Å²) in [7, 11) is 0. The summed E-state index contributed by atoms with van der Waals surface area (Å²) in [6.45, 7) is 5.61. The van der Waals surface area contributed by atoms with Crippen LogP contribution in [0.15, 0.2) is 42.7 Å². The van der Waals surface area contributed by atoms with Crippen LogP contribution in [0, 0.1) is 17.0 Å². The van der Waals surface area contributed by atoms with E-state index in [1.165, 1.54) is 6.33 Å². The van der Waals surface area contributed by atoms with Crippen molar-refractivity contribution in [1.29, 1.82) is 0 Å². The molecule has 1 fully saturated rings. The number of halogens is 1. The summed E-state index contributed by atoms with van der Waals surface area (Å²) >= 11 is 6.11. The maximum atomic E-state index is 12.0. The first-order chi connectivity index (χ1) is 16.5. The molecule has 2 aliphatic rings. The van der Waals surface area contributed by atoms with Gasteiger partial charge in [-0.1, -0.05) is 23.7 Å². The normalized spacial score (nSPS) is 15.4. The van der Waals surface area contributed by atoms with Crippen molar-refractivity contribution in [2.45, 2.75) is 13.5 Å². The Balaban J connectivity index is 1.31.